The highest BCUT2D eigenvalue weighted by Gasteiger charge is 2.08. The zero-order chi connectivity index (χ0) is 11.5. The highest BCUT2D eigenvalue weighted by molar-refractivity contribution is 7.99. The van der Waals surface area contributed by atoms with E-state index in [2.05, 4.69) is 4.98 Å². The van der Waals surface area contributed by atoms with Crippen LogP contribution in [0.3, 0.4) is 0 Å². The molecule has 0 saturated carbocycles. The predicted octanol–water partition coefficient (Wildman–Crippen LogP) is 2.61. The molecule has 5 heteroatoms. The van der Waals surface area contributed by atoms with Crippen molar-refractivity contribution in [2.45, 2.75) is 17.0 Å². The predicted molar refractivity (Wildman–Crippen MR) is 61.5 cm³/mol. The van der Waals surface area contributed by atoms with Gasteiger partial charge < -0.3 is 10.2 Å². The summed E-state index contributed by atoms with van der Waals surface area (Å²) in [7, 11) is 0. The van der Waals surface area contributed by atoms with Crippen LogP contribution in [-0.2, 0) is 0 Å². The van der Waals surface area contributed by atoms with E-state index >= 15 is 0 Å². The number of Topliss-reactive ketones (excluding diaryl/α,β-unsaturated/α-hetero) is 1. The summed E-state index contributed by atoms with van der Waals surface area (Å²) in [5, 5.41) is 0.541. The van der Waals surface area contributed by atoms with Crippen LogP contribution in [0.15, 0.2) is 45.2 Å². The quantitative estimate of drug-likeness (QED) is 0.653. The number of aromatic nitrogens is 1. The number of hydrogen-bond donors (Lipinski definition) is 1. The van der Waals surface area contributed by atoms with Gasteiger partial charge in [0.15, 0.2) is 5.78 Å². The fourth-order valence-electron chi connectivity index (χ4n) is 1.27. The normalized spacial score (nSPS) is 10.3. The van der Waals surface area contributed by atoms with Crippen molar-refractivity contribution in [1.82, 2.24) is 4.98 Å². The third kappa shape index (κ3) is 2.25. The molecule has 82 valence electrons. The molecule has 2 N–H and O–H groups in total. The largest absolute Gasteiger partial charge is 0.440 e. The summed E-state index contributed by atoms with van der Waals surface area (Å²) in [4.78, 5) is 16.2. The first-order chi connectivity index (χ1) is 7.66. The van der Waals surface area contributed by atoms with Crippen LogP contribution < -0.4 is 5.73 Å². The molecule has 0 aliphatic heterocycles. The van der Waals surface area contributed by atoms with Gasteiger partial charge in [0, 0.05) is 16.1 Å². The van der Waals surface area contributed by atoms with Crippen LogP contribution in [0.4, 0.5) is 5.69 Å². The molecule has 2 rings (SSSR count). The van der Waals surface area contributed by atoms with Gasteiger partial charge in [0.05, 0.1) is 6.20 Å². The van der Waals surface area contributed by atoms with Crippen LogP contribution in [0.2, 0.25) is 0 Å². The molecule has 0 bridgehead atoms. The Bertz CT molecular complexity index is 509. The van der Waals surface area contributed by atoms with Crippen molar-refractivity contribution in [2.75, 3.05) is 5.73 Å². The Balaban J connectivity index is 2.29. The molecule has 0 amide bonds. The number of nitrogens with zero attached hydrogens (tertiary/aromatic N) is 1. The summed E-state index contributed by atoms with van der Waals surface area (Å²) < 4.78 is 5.10. The van der Waals surface area contributed by atoms with E-state index in [9.17, 15) is 4.79 Å². The fraction of sp³-hybridized carbons (Fsp3) is 0.0909. The summed E-state index contributed by atoms with van der Waals surface area (Å²) >= 11 is 1.35. The molecule has 0 atom stereocenters. The summed E-state index contributed by atoms with van der Waals surface area (Å²) in [6.07, 6.45) is 3.08. The number of rotatable bonds is 3. The average molecular weight is 234 g/mol. The lowest BCUT2D eigenvalue weighted by Gasteiger charge is -2.03. The van der Waals surface area contributed by atoms with E-state index in [1.807, 2.05) is 6.07 Å². The van der Waals surface area contributed by atoms with Crippen molar-refractivity contribution >= 4 is 23.2 Å². The number of carbonyl (C=O) groups is 1. The number of oxazole rings is 1. The topological polar surface area (TPSA) is 69.1 Å². The first-order valence-electron chi connectivity index (χ1n) is 4.64. The van der Waals surface area contributed by atoms with Crippen LogP contribution in [0.5, 0.6) is 0 Å². The van der Waals surface area contributed by atoms with Gasteiger partial charge in [-0.3, -0.25) is 4.79 Å². The monoisotopic (exact) mass is 234 g/mol. The second-order valence-electron chi connectivity index (χ2n) is 3.21. The van der Waals surface area contributed by atoms with Gasteiger partial charge in [0.25, 0.3) is 5.22 Å². The molecule has 1 heterocycles. The molecule has 0 aliphatic carbocycles. The van der Waals surface area contributed by atoms with Crippen molar-refractivity contribution in [3.63, 3.8) is 0 Å². The number of hydrogen-bond acceptors (Lipinski definition) is 5. The molecule has 2 aromatic rings. The molecule has 0 unspecified atom stereocenters. The lowest BCUT2D eigenvalue weighted by molar-refractivity contribution is 0.101. The first kappa shape index (κ1) is 10.8. The van der Waals surface area contributed by atoms with Gasteiger partial charge in [-0.2, -0.15) is 0 Å². The van der Waals surface area contributed by atoms with E-state index in [1.54, 1.807) is 18.3 Å². The van der Waals surface area contributed by atoms with Gasteiger partial charge in [-0.25, -0.2) is 4.98 Å². The van der Waals surface area contributed by atoms with E-state index < -0.39 is 0 Å². The zero-order valence-electron chi connectivity index (χ0n) is 8.64. The molecule has 0 saturated heterocycles. The lowest BCUT2D eigenvalue weighted by Crippen LogP contribution is -1.99. The van der Waals surface area contributed by atoms with Gasteiger partial charge in [0.2, 0.25) is 0 Å². The Labute approximate surface area is 96.9 Å². The smallest absolute Gasteiger partial charge is 0.260 e. The molecule has 0 spiro atoms. The van der Waals surface area contributed by atoms with Crippen LogP contribution in [0, 0.1) is 0 Å². The van der Waals surface area contributed by atoms with Gasteiger partial charge in [-0.15, -0.1) is 0 Å². The molecule has 0 radical (unpaired) electrons. The minimum absolute atomic E-state index is 0.0487. The third-order valence-corrected chi connectivity index (χ3v) is 2.88. The minimum atomic E-state index is -0.0487. The molecule has 1 aromatic heterocycles. The molecular formula is C11H10N2O2S. The SMILES string of the molecule is CC(=O)c1cc(Sc2ncco2)ccc1N. The number of anilines is 1. The second-order valence-corrected chi connectivity index (χ2v) is 4.23. The molecule has 0 fully saturated rings. The summed E-state index contributed by atoms with van der Waals surface area (Å²) in [5.74, 6) is -0.0487. The molecule has 16 heavy (non-hydrogen) atoms. The summed E-state index contributed by atoms with van der Waals surface area (Å²) in [6, 6.07) is 5.28. The maximum atomic E-state index is 11.3. The molecular weight excluding hydrogens is 224 g/mol. The summed E-state index contributed by atoms with van der Waals surface area (Å²) in [6.45, 7) is 1.49. The Kier molecular flexibility index (Phi) is 2.96. The van der Waals surface area contributed by atoms with E-state index in [0.29, 0.717) is 16.5 Å². The Morgan fingerprint density at radius 1 is 1.50 bits per heavy atom. The van der Waals surface area contributed by atoms with Crippen molar-refractivity contribution < 1.29 is 9.21 Å². The van der Waals surface area contributed by atoms with Crippen LogP contribution in [0.1, 0.15) is 17.3 Å². The maximum Gasteiger partial charge on any atom is 0.260 e. The van der Waals surface area contributed by atoms with E-state index in [4.69, 9.17) is 10.2 Å². The highest BCUT2D eigenvalue weighted by Crippen LogP contribution is 2.28. The van der Waals surface area contributed by atoms with Gasteiger partial charge >= 0.3 is 0 Å². The Hall–Kier alpha value is -1.75. The minimum Gasteiger partial charge on any atom is -0.440 e. The fourth-order valence-corrected chi connectivity index (χ4v) is 2.00. The molecule has 1 aromatic carbocycles. The Morgan fingerprint density at radius 3 is 2.94 bits per heavy atom. The molecule has 4 nitrogen and oxygen atoms in total. The number of nitrogen functional groups attached to an aromatic ring is 1. The standard InChI is InChI=1S/C11H10N2O2S/c1-7(14)9-6-8(2-3-10(9)12)16-11-13-4-5-15-11/h2-6H,12H2,1H3. The number of nitrogens with two attached hydrogens (primary N) is 1. The van der Waals surface area contributed by atoms with Crippen LogP contribution in [0.25, 0.3) is 0 Å². The van der Waals surface area contributed by atoms with E-state index in [0.717, 1.165) is 4.90 Å². The van der Waals surface area contributed by atoms with Crippen molar-refractivity contribution in [3.05, 3.63) is 36.2 Å². The van der Waals surface area contributed by atoms with Crippen molar-refractivity contribution in [1.29, 1.82) is 0 Å². The van der Waals surface area contributed by atoms with Crippen molar-refractivity contribution in [3.8, 4) is 0 Å². The zero-order valence-corrected chi connectivity index (χ0v) is 9.45. The van der Waals surface area contributed by atoms with Crippen LogP contribution in [-0.4, -0.2) is 10.8 Å². The van der Waals surface area contributed by atoms with Gasteiger partial charge in [-0.1, -0.05) is 0 Å². The van der Waals surface area contributed by atoms with E-state index in [-0.39, 0.29) is 5.78 Å². The Morgan fingerprint density at radius 2 is 2.31 bits per heavy atom. The number of ketones is 1. The van der Waals surface area contributed by atoms with E-state index in [1.165, 1.54) is 24.9 Å². The summed E-state index contributed by atoms with van der Waals surface area (Å²) in [5.41, 5.74) is 6.71. The number of carbonyl (C=O) groups excluding carboxylic acids is 1. The number of benzene rings is 1. The average Bonchev–Trinajstić information content (AvgIpc) is 2.73. The van der Waals surface area contributed by atoms with Gasteiger partial charge in [-0.05, 0) is 36.9 Å². The van der Waals surface area contributed by atoms with Gasteiger partial charge in [0.1, 0.15) is 6.26 Å². The maximum absolute atomic E-state index is 11.3. The highest BCUT2D eigenvalue weighted by atomic mass is 32.2. The lowest BCUT2D eigenvalue weighted by atomic mass is 10.1. The van der Waals surface area contributed by atoms with Crippen molar-refractivity contribution in [2.24, 2.45) is 0 Å². The third-order valence-electron chi connectivity index (χ3n) is 2.02. The van der Waals surface area contributed by atoms with Crippen LogP contribution >= 0.6 is 11.8 Å². The first-order valence-corrected chi connectivity index (χ1v) is 5.46. The molecule has 0 aliphatic rings. The second kappa shape index (κ2) is 4.40.